The average Bonchev–Trinajstić information content (AvgIpc) is 2.33. The van der Waals surface area contributed by atoms with Crippen LogP contribution in [0.5, 0.6) is 0 Å². The molecule has 0 atom stereocenters. The highest BCUT2D eigenvalue weighted by molar-refractivity contribution is 5.75. The summed E-state index contributed by atoms with van der Waals surface area (Å²) in [5, 5.41) is 3.30. The molecule has 4 radical (unpaired) electrons. The van der Waals surface area contributed by atoms with Gasteiger partial charge in [-0.05, 0) is 18.1 Å². The van der Waals surface area contributed by atoms with E-state index in [0.29, 0.717) is 0 Å². The molecular weight excluding hydrogens is 138 g/mol. The summed E-state index contributed by atoms with van der Waals surface area (Å²) in [6.07, 6.45) is 1.19. The third-order valence-corrected chi connectivity index (χ3v) is 1.73. The Kier molecular flexibility index (Phi) is 2.12. The zero-order valence-corrected chi connectivity index (χ0v) is 6.72. The molecule has 1 heterocycles. The highest BCUT2D eigenvalue weighted by Gasteiger charge is 2.05. The van der Waals surface area contributed by atoms with Crippen molar-refractivity contribution >= 4 is 16.7 Å². The van der Waals surface area contributed by atoms with Crippen molar-refractivity contribution in [2.75, 3.05) is 11.9 Å². The molecule has 2 heteroatoms. The molecule has 0 spiro atoms. The van der Waals surface area contributed by atoms with E-state index in [9.17, 15) is 0 Å². The van der Waals surface area contributed by atoms with Gasteiger partial charge in [0, 0.05) is 23.2 Å². The minimum absolute atomic E-state index is 0. The predicted molar refractivity (Wildman–Crippen MR) is 44.4 cm³/mol. The van der Waals surface area contributed by atoms with Crippen molar-refractivity contribution in [3.05, 3.63) is 29.8 Å². The molecule has 0 saturated carbocycles. The smallest absolute Gasteiger partial charge is 0.0373 e. The molecular formula is C8H9NSi. The first-order chi connectivity index (χ1) is 4.47. The molecule has 50 valence electrons. The Labute approximate surface area is 65.5 Å². The van der Waals surface area contributed by atoms with Gasteiger partial charge in [0.15, 0.2) is 0 Å². The van der Waals surface area contributed by atoms with Crippen LogP contribution in [-0.4, -0.2) is 17.5 Å². The first-order valence-electron chi connectivity index (χ1n) is 3.28. The minimum Gasteiger partial charge on any atom is -0.384 e. The van der Waals surface area contributed by atoms with Crippen LogP contribution in [0.4, 0.5) is 5.69 Å². The Morgan fingerprint density at radius 2 is 2.00 bits per heavy atom. The van der Waals surface area contributed by atoms with Crippen LogP contribution in [0.2, 0.25) is 0 Å². The molecule has 2 rings (SSSR count). The van der Waals surface area contributed by atoms with Gasteiger partial charge in [0.1, 0.15) is 0 Å². The second-order valence-electron chi connectivity index (χ2n) is 2.33. The lowest BCUT2D eigenvalue weighted by atomic mass is 10.2. The van der Waals surface area contributed by atoms with Crippen LogP contribution >= 0.6 is 0 Å². The average molecular weight is 147 g/mol. The maximum atomic E-state index is 3.30. The summed E-state index contributed by atoms with van der Waals surface area (Å²) in [7, 11) is 0. The largest absolute Gasteiger partial charge is 0.384 e. The van der Waals surface area contributed by atoms with Crippen LogP contribution in [-0.2, 0) is 6.42 Å². The standard InChI is InChI=1S/C8H9N.Si/c1-2-4-8-7(3-1)5-6-9-8;/h1-4,9H,5-6H2;. The lowest BCUT2D eigenvalue weighted by Crippen LogP contribution is -1.90. The normalized spacial score (nSPS) is 13.2. The number of para-hydroxylation sites is 1. The van der Waals surface area contributed by atoms with Gasteiger partial charge in [-0.3, -0.25) is 0 Å². The van der Waals surface area contributed by atoms with E-state index in [1.165, 1.54) is 17.7 Å². The second-order valence-corrected chi connectivity index (χ2v) is 2.33. The zero-order valence-electron chi connectivity index (χ0n) is 5.72. The van der Waals surface area contributed by atoms with E-state index in [2.05, 4.69) is 29.6 Å². The number of hydrogen-bond acceptors (Lipinski definition) is 1. The van der Waals surface area contributed by atoms with Gasteiger partial charge in [0.2, 0.25) is 0 Å². The molecule has 0 saturated heterocycles. The predicted octanol–water partition coefficient (Wildman–Crippen LogP) is 1.27. The van der Waals surface area contributed by atoms with Crippen molar-refractivity contribution in [2.45, 2.75) is 6.42 Å². The third-order valence-electron chi connectivity index (χ3n) is 1.73. The second kappa shape index (κ2) is 2.88. The van der Waals surface area contributed by atoms with Gasteiger partial charge in [-0.2, -0.15) is 0 Å². The highest BCUT2D eigenvalue weighted by Crippen LogP contribution is 2.19. The minimum atomic E-state index is 0. The molecule has 1 aliphatic heterocycles. The Balaban J connectivity index is 0.000000500. The number of benzene rings is 1. The molecule has 0 aromatic heterocycles. The summed E-state index contributed by atoms with van der Waals surface area (Å²) in [6.45, 7) is 1.11. The van der Waals surface area contributed by atoms with Gasteiger partial charge in [0.05, 0.1) is 0 Å². The molecule has 1 nitrogen and oxygen atoms in total. The first-order valence-corrected chi connectivity index (χ1v) is 3.28. The maximum Gasteiger partial charge on any atom is 0.0373 e. The van der Waals surface area contributed by atoms with Crippen LogP contribution < -0.4 is 5.32 Å². The summed E-state index contributed by atoms with van der Waals surface area (Å²) >= 11 is 0. The van der Waals surface area contributed by atoms with E-state index in [0.717, 1.165) is 6.54 Å². The van der Waals surface area contributed by atoms with E-state index in [4.69, 9.17) is 0 Å². The molecule has 1 aliphatic rings. The van der Waals surface area contributed by atoms with Gasteiger partial charge < -0.3 is 5.32 Å². The molecule has 0 bridgehead atoms. The van der Waals surface area contributed by atoms with Crippen molar-refractivity contribution < 1.29 is 0 Å². The number of fused-ring (bicyclic) bond motifs is 1. The summed E-state index contributed by atoms with van der Waals surface area (Å²) in [6, 6.07) is 8.46. The maximum absolute atomic E-state index is 3.30. The van der Waals surface area contributed by atoms with Gasteiger partial charge >= 0.3 is 0 Å². The fourth-order valence-electron chi connectivity index (χ4n) is 1.24. The van der Waals surface area contributed by atoms with Crippen LogP contribution in [0.15, 0.2) is 24.3 Å². The van der Waals surface area contributed by atoms with Gasteiger partial charge in [-0.15, -0.1) is 0 Å². The summed E-state index contributed by atoms with van der Waals surface area (Å²) in [5.74, 6) is 0. The summed E-state index contributed by atoms with van der Waals surface area (Å²) < 4.78 is 0. The molecule has 1 N–H and O–H groups in total. The molecule has 0 fully saturated rings. The number of anilines is 1. The SMILES string of the molecule is [Si].c1ccc2c(c1)CCN2. The van der Waals surface area contributed by atoms with Crippen molar-refractivity contribution in [2.24, 2.45) is 0 Å². The lowest BCUT2D eigenvalue weighted by molar-refractivity contribution is 1.11. The molecule has 0 amide bonds. The lowest BCUT2D eigenvalue weighted by Gasteiger charge is -1.94. The molecule has 1 aromatic rings. The van der Waals surface area contributed by atoms with Crippen LogP contribution in [0.1, 0.15) is 5.56 Å². The fraction of sp³-hybridized carbons (Fsp3) is 0.250. The highest BCUT2D eigenvalue weighted by atomic mass is 28.1. The van der Waals surface area contributed by atoms with Gasteiger partial charge in [0.25, 0.3) is 0 Å². The van der Waals surface area contributed by atoms with Gasteiger partial charge in [-0.1, -0.05) is 18.2 Å². The van der Waals surface area contributed by atoms with Crippen molar-refractivity contribution in [3.63, 3.8) is 0 Å². The van der Waals surface area contributed by atoms with E-state index in [1.54, 1.807) is 0 Å². The molecule has 1 aromatic carbocycles. The van der Waals surface area contributed by atoms with Crippen molar-refractivity contribution in [1.82, 2.24) is 0 Å². The van der Waals surface area contributed by atoms with Gasteiger partial charge in [-0.25, -0.2) is 0 Å². The van der Waals surface area contributed by atoms with E-state index < -0.39 is 0 Å². The number of hydrogen-bond donors (Lipinski definition) is 1. The Morgan fingerprint density at radius 1 is 1.20 bits per heavy atom. The summed E-state index contributed by atoms with van der Waals surface area (Å²) in [4.78, 5) is 0. The van der Waals surface area contributed by atoms with Crippen LogP contribution in [0, 0.1) is 0 Å². The molecule has 10 heavy (non-hydrogen) atoms. The van der Waals surface area contributed by atoms with E-state index >= 15 is 0 Å². The van der Waals surface area contributed by atoms with Crippen molar-refractivity contribution in [3.8, 4) is 0 Å². The monoisotopic (exact) mass is 147 g/mol. The zero-order chi connectivity index (χ0) is 6.10. The molecule has 0 unspecified atom stereocenters. The Bertz CT molecular complexity index is 199. The van der Waals surface area contributed by atoms with Crippen molar-refractivity contribution in [1.29, 1.82) is 0 Å². The van der Waals surface area contributed by atoms with Crippen LogP contribution in [0.25, 0.3) is 0 Å². The number of rotatable bonds is 0. The van der Waals surface area contributed by atoms with E-state index in [-0.39, 0.29) is 11.0 Å². The Hall–Kier alpha value is -0.763. The summed E-state index contributed by atoms with van der Waals surface area (Å²) in [5.41, 5.74) is 2.77. The topological polar surface area (TPSA) is 12.0 Å². The van der Waals surface area contributed by atoms with Crippen LogP contribution in [0.3, 0.4) is 0 Å². The Morgan fingerprint density at radius 3 is 2.80 bits per heavy atom. The number of nitrogens with one attached hydrogen (secondary N) is 1. The fourth-order valence-corrected chi connectivity index (χ4v) is 1.24. The first kappa shape index (κ1) is 7.35. The molecule has 0 aliphatic carbocycles. The third kappa shape index (κ3) is 1.07. The van der Waals surface area contributed by atoms with E-state index in [1.807, 2.05) is 0 Å². The quantitative estimate of drug-likeness (QED) is 0.545.